The Balaban J connectivity index is 1.59. The summed E-state index contributed by atoms with van der Waals surface area (Å²) in [5.41, 5.74) is 4.80. The lowest BCUT2D eigenvalue weighted by molar-refractivity contribution is 0.0953. The minimum atomic E-state index is -0.152. The van der Waals surface area contributed by atoms with Crippen LogP contribution in [0.2, 0.25) is 0 Å². The summed E-state index contributed by atoms with van der Waals surface area (Å²) in [6.45, 7) is 4.58. The molecule has 128 valence electrons. The van der Waals surface area contributed by atoms with Crippen LogP contribution in [0.1, 0.15) is 27.3 Å². The van der Waals surface area contributed by atoms with Crippen LogP contribution in [0.25, 0.3) is 5.69 Å². The molecule has 0 bridgehead atoms. The lowest BCUT2D eigenvalue weighted by Crippen LogP contribution is -2.26. The highest BCUT2D eigenvalue weighted by Crippen LogP contribution is 2.13. The molecule has 1 amide bonds. The molecule has 3 rings (SSSR count). The van der Waals surface area contributed by atoms with Gasteiger partial charge in [0, 0.05) is 18.4 Å². The first-order valence-electron chi connectivity index (χ1n) is 8.13. The van der Waals surface area contributed by atoms with E-state index >= 15 is 0 Å². The van der Waals surface area contributed by atoms with Gasteiger partial charge in [-0.1, -0.05) is 24.4 Å². The van der Waals surface area contributed by atoms with E-state index in [4.69, 9.17) is 12.2 Å². The molecule has 1 aromatic carbocycles. The highest BCUT2D eigenvalue weighted by molar-refractivity contribution is 7.71. The highest BCUT2D eigenvalue weighted by atomic mass is 32.1. The first-order valence-corrected chi connectivity index (χ1v) is 8.54. The minimum Gasteiger partial charge on any atom is -0.352 e. The molecule has 0 unspecified atom stereocenters. The van der Waals surface area contributed by atoms with Crippen molar-refractivity contribution in [3.8, 4) is 5.69 Å². The van der Waals surface area contributed by atoms with Gasteiger partial charge in [0.1, 0.15) is 4.64 Å². The van der Waals surface area contributed by atoms with Crippen molar-refractivity contribution in [3.05, 3.63) is 75.8 Å². The molecule has 3 aromatic rings. The SMILES string of the molecule is Cc1cc(C)n(-c2ccc(CCNC(=O)c3ccc[nH]c3=S)cc2)n1. The molecule has 0 aliphatic carbocycles. The number of aromatic amines is 1. The van der Waals surface area contributed by atoms with Crippen LogP contribution in [0.5, 0.6) is 0 Å². The van der Waals surface area contributed by atoms with E-state index in [1.807, 2.05) is 30.7 Å². The second-order valence-corrected chi connectivity index (χ2v) is 6.33. The first kappa shape index (κ1) is 17.1. The Hall–Kier alpha value is -2.73. The van der Waals surface area contributed by atoms with E-state index in [0.29, 0.717) is 16.7 Å². The fraction of sp³-hybridized carbons (Fsp3) is 0.211. The molecule has 0 saturated carbocycles. The molecular weight excluding hydrogens is 332 g/mol. The number of pyridine rings is 1. The van der Waals surface area contributed by atoms with Gasteiger partial charge >= 0.3 is 0 Å². The van der Waals surface area contributed by atoms with Gasteiger partial charge in [0.25, 0.3) is 5.91 Å². The second-order valence-electron chi connectivity index (χ2n) is 5.92. The van der Waals surface area contributed by atoms with Crippen LogP contribution in [-0.4, -0.2) is 27.2 Å². The van der Waals surface area contributed by atoms with E-state index in [-0.39, 0.29) is 5.91 Å². The van der Waals surface area contributed by atoms with E-state index in [1.54, 1.807) is 18.3 Å². The third kappa shape index (κ3) is 4.03. The van der Waals surface area contributed by atoms with E-state index in [0.717, 1.165) is 29.1 Å². The molecule has 25 heavy (non-hydrogen) atoms. The van der Waals surface area contributed by atoms with Crippen molar-refractivity contribution in [1.29, 1.82) is 0 Å². The van der Waals surface area contributed by atoms with Gasteiger partial charge in [-0.25, -0.2) is 4.68 Å². The zero-order valence-electron chi connectivity index (χ0n) is 14.2. The van der Waals surface area contributed by atoms with Crippen molar-refractivity contribution < 1.29 is 4.79 Å². The smallest absolute Gasteiger partial charge is 0.254 e. The predicted molar refractivity (Wildman–Crippen MR) is 101 cm³/mol. The normalized spacial score (nSPS) is 10.6. The molecule has 0 fully saturated rings. The number of amides is 1. The fourth-order valence-electron chi connectivity index (χ4n) is 2.71. The number of aromatic nitrogens is 3. The summed E-state index contributed by atoms with van der Waals surface area (Å²) in [4.78, 5) is 15.0. The van der Waals surface area contributed by atoms with Gasteiger partial charge < -0.3 is 10.3 Å². The number of nitrogens with one attached hydrogen (secondary N) is 2. The Morgan fingerprint density at radius 2 is 2.00 bits per heavy atom. The Morgan fingerprint density at radius 1 is 1.24 bits per heavy atom. The van der Waals surface area contributed by atoms with Crippen molar-refractivity contribution in [2.24, 2.45) is 0 Å². The Labute approximate surface area is 151 Å². The second kappa shape index (κ2) is 7.44. The number of nitrogens with zero attached hydrogens (tertiary/aromatic N) is 2. The maximum atomic E-state index is 12.1. The molecular formula is C19H20N4OS. The molecule has 2 heterocycles. The predicted octanol–water partition coefficient (Wildman–Crippen LogP) is 3.52. The molecule has 0 aliphatic heterocycles. The maximum absolute atomic E-state index is 12.1. The molecule has 0 aliphatic rings. The summed E-state index contributed by atoms with van der Waals surface area (Å²) in [5, 5.41) is 7.39. The molecule has 0 saturated heterocycles. The lowest BCUT2D eigenvalue weighted by Gasteiger charge is -2.08. The lowest BCUT2D eigenvalue weighted by atomic mass is 10.1. The van der Waals surface area contributed by atoms with E-state index in [1.165, 1.54) is 0 Å². The molecule has 0 atom stereocenters. The van der Waals surface area contributed by atoms with Gasteiger partial charge in [0.05, 0.1) is 16.9 Å². The van der Waals surface area contributed by atoms with Gasteiger partial charge in [0.15, 0.2) is 0 Å². The average molecular weight is 352 g/mol. The number of rotatable bonds is 5. The van der Waals surface area contributed by atoms with Crippen LogP contribution in [-0.2, 0) is 6.42 Å². The summed E-state index contributed by atoms with van der Waals surface area (Å²) >= 11 is 5.12. The number of aryl methyl sites for hydroxylation is 2. The van der Waals surface area contributed by atoms with Crippen LogP contribution >= 0.6 is 12.2 Å². The molecule has 0 radical (unpaired) electrons. The standard InChI is InChI=1S/C19H20N4OS/c1-13-12-14(2)23(22-13)16-7-5-15(6-8-16)9-11-20-18(24)17-4-3-10-21-19(17)25/h3-8,10,12H,9,11H2,1-2H3,(H,20,24)(H,21,25). The quantitative estimate of drug-likeness (QED) is 0.691. The van der Waals surface area contributed by atoms with Crippen LogP contribution in [0.15, 0.2) is 48.7 Å². The minimum absolute atomic E-state index is 0.152. The summed E-state index contributed by atoms with van der Waals surface area (Å²) in [6, 6.07) is 13.8. The summed E-state index contributed by atoms with van der Waals surface area (Å²) in [7, 11) is 0. The Morgan fingerprint density at radius 3 is 2.64 bits per heavy atom. The van der Waals surface area contributed by atoms with Crippen LogP contribution in [0.3, 0.4) is 0 Å². The average Bonchev–Trinajstić information content (AvgIpc) is 2.94. The third-order valence-corrected chi connectivity index (χ3v) is 4.29. The highest BCUT2D eigenvalue weighted by Gasteiger charge is 2.07. The number of benzene rings is 1. The molecule has 2 N–H and O–H groups in total. The van der Waals surface area contributed by atoms with Crippen LogP contribution in [0.4, 0.5) is 0 Å². The zero-order chi connectivity index (χ0) is 17.8. The number of carbonyl (C=O) groups excluding carboxylic acids is 1. The molecule has 0 spiro atoms. The van der Waals surface area contributed by atoms with E-state index in [2.05, 4.69) is 33.6 Å². The molecule has 6 heteroatoms. The van der Waals surface area contributed by atoms with Crippen molar-refractivity contribution in [1.82, 2.24) is 20.1 Å². The van der Waals surface area contributed by atoms with Crippen molar-refractivity contribution >= 4 is 18.1 Å². The number of hydrogen-bond acceptors (Lipinski definition) is 3. The van der Waals surface area contributed by atoms with Crippen LogP contribution in [0, 0.1) is 18.5 Å². The number of hydrogen-bond donors (Lipinski definition) is 2. The van der Waals surface area contributed by atoms with Crippen molar-refractivity contribution in [2.45, 2.75) is 20.3 Å². The monoisotopic (exact) mass is 352 g/mol. The Kier molecular flexibility index (Phi) is 5.09. The fourth-order valence-corrected chi connectivity index (χ4v) is 2.94. The summed E-state index contributed by atoms with van der Waals surface area (Å²) in [6.07, 6.45) is 2.47. The van der Waals surface area contributed by atoms with E-state index in [9.17, 15) is 4.79 Å². The largest absolute Gasteiger partial charge is 0.352 e. The summed E-state index contributed by atoms with van der Waals surface area (Å²) in [5.74, 6) is -0.152. The number of H-pyrrole nitrogens is 1. The van der Waals surface area contributed by atoms with Gasteiger partial charge in [-0.15, -0.1) is 0 Å². The van der Waals surface area contributed by atoms with Gasteiger partial charge in [-0.2, -0.15) is 5.10 Å². The first-order chi connectivity index (χ1) is 12.0. The summed E-state index contributed by atoms with van der Waals surface area (Å²) < 4.78 is 2.38. The zero-order valence-corrected chi connectivity index (χ0v) is 15.1. The van der Waals surface area contributed by atoms with Gasteiger partial charge in [-0.3, -0.25) is 4.79 Å². The molecule has 2 aromatic heterocycles. The molecule has 5 nitrogen and oxygen atoms in total. The van der Waals surface area contributed by atoms with Crippen LogP contribution < -0.4 is 5.32 Å². The maximum Gasteiger partial charge on any atom is 0.254 e. The third-order valence-electron chi connectivity index (χ3n) is 3.95. The Bertz CT molecular complexity index is 941. The van der Waals surface area contributed by atoms with Crippen molar-refractivity contribution in [2.75, 3.05) is 6.54 Å². The van der Waals surface area contributed by atoms with Gasteiger partial charge in [-0.05, 0) is 56.2 Å². The van der Waals surface area contributed by atoms with E-state index < -0.39 is 0 Å². The van der Waals surface area contributed by atoms with Crippen molar-refractivity contribution in [3.63, 3.8) is 0 Å². The number of carbonyl (C=O) groups is 1. The topological polar surface area (TPSA) is 62.7 Å². The van der Waals surface area contributed by atoms with Gasteiger partial charge in [0.2, 0.25) is 0 Å².